The monoisotopic (exact) mass is 216 g/mol. The van der Waals surface area contributed by atoms with Gasteiger partial charge in [0.05, 0.1) is 0 Å². The molecule has 3 rings (SSSR count). The molecule has 0 unspecified atom stereocenters. The Hall–Kier alpha value is -1.35. The molecule has 1 aromatic carbocycles. The predicted molar refractivity (Wildman–Crippen MR) is 62.5 cm³/mol. The Bertz CT molecular complexity index is 378. The van der Waals surface area contributed by atoms with Crippen molar-refractivity contribution < 1.29 is 5.21 Å². The van der Waals surface area contributed by atoms with Gasteiger partial charge in [0.1, 0.15) is 0 Å². The summed E-state index contributed by atoms with van der Waals surface area (Å²) in [6, 6.07) is 10.6. The topological polar surface area (TPSA) is 35.8 Å². The summed E-state index contributed by atoms with van der Waals surface area (Å²) in [5.41, 5.74) is 1.39. The van der Waals surface area contributed by atoms with Gasteiger partial charge < -0.3 is 5.21 Å². The molecule has 0 spiro atoms. The van der Waals surface area contributed by atoms with E-state index in [1.807, 2.05) is 0 Å². The van der Waals surface area contributed by atoms with Gasteiger partial charge in [-0.2, -0.15) is 0 Å². The zero-order chi connectivity index (χ0) is 11.0. The molecule has 0 amide bonds. The minimum Gasteiger partial charge on any atom is -0.411 e. The second kappa shape index (κ2) is 3.91. The van der Waals surface area contributed by atoms with Crippen molar-refractivity contribution in [2.45, 2.75) is 6.54 Å². The van der Waals surface area contributed by atoms with Gasteiger partial charge in [-0.25, -0.2) is 0 Å². The lowest BCUT2D eigenvalue weighted by Gasteiger charge is -2.18. The summed E-state index contributed by atoms with van der Waals surface area (Å²) in [4.78, 5) is 2.49. The molecule has 1 aliphatic heterocycles. The first-order chi connectivity index (χ1) is 7.88. The third-order valence-corrected chi connectivity index (χ3v) is 3.82. The number of fused-ring (bicyclic) bond motifs is 1. The Balaban J connectivity index is 1.55. The van der Waals surface area contributed by atoms with Gasteiger partial charge >= 0.3 is 0 Å². The van der Waals surface area contributed by atoms with Crippen molar-refractivity contribution in [3.63, 3.8) is 0 Å². The normalized spacial score (nSPS) is 33.1. The van der Waals surface area contributed by atoms with Crippen molar-refractivity contribution in [3.8, 4) is 0 Å². The van der Waals surface area contributed by atoms with Crippen LogP contribution >= 0.6 is 0 Å². The summed E-state index contributed by atoms with van der Waals surface area (Å²) >= 11 is 0. The van der Waals surface area contributed by atoms with E-state index < -0.39 is 0 Å². The zero-order valence-electron chi connectivity index (χ0n) is 9.16. The van der Waals surface area contributed by atoms with E-state index in [4.69, 9.17) is 5.21 Å². The van der Waals surface area contributed by atoms with Crippen LogP contribution in [0.3, 0.4) is 0 Å². The molecule has 0 bridgehead atoms. The fourth-order valence-corrected chi connectivity index (χ4v) is 2.93. The van der Waals surface area contributed by atoms with Crippen LogP contribution in [0.25, 0.3) is 0 Å². The molecule has 1 aliphatic carbocycles. The first-order valence-electron chi connectivity index (χ1n) is 5.82. The van der Waals surface area contributed by atoms with Crippen molar-refractivity contribution in [3.05, 3.63) is 35.9 Å². The van der Waals surface area contributed by atoms with Crippen LogP contribution in [0.1, 0.15) is 5.56 Å². The van der Waals surface area contributed by atoms with Gasteiger partial charge in [-0.1, -0.05) is 30.3 Å². The lowest BCUT2D eigenvalue weighted by Crippen LogP contribution is -2.24. The van der Waals surface area contributed by atoms with E-state index in [9.17, 15) is 0 Å². The molecule has 0 aromatic heterocycles. The summed E-state index contributed by atoms with van der Waals surface area (Å²) in [6.45, 7) is 3.35. The Labute approximate surface area is 95.4 Å². The SMILES string of the molecule is ON=C[C@@H]1[C@H]2CN(Cc3ccccc3)C[C@@H]12. The predicted octanol–water partition coefficient (Wildman–Crippen LogP) is 1.82. The molecule has 1 heterocycles. The van der Waals surface area contributed by atoms with Crippen LogP contribution in [-0.4, -0.2) is 29.4 Å². The van der Waals surface area contributed by atoms with Gasteiger partial charge in [0, 0.05) is 31.8 Å². The summed E-state index contributed by atoms with van der Waals surface area (Å²) in [7, 11) is 0. The second-order valence-electron chi connectivity index (χ2n) is 4.85. The van der Waals surface area contributed by atoms with E-state index in [1.54, 1.807) is 6.21 Å². The zero-order valence-corrected chi connectivity index (χ0v) is 9.16. The number of likely N-dealkylation sites (tertiary alicyclic amines) is 1. The molecule has 1 saturated carbocycles. The molecule has 0 radical (unpaired) electrons. The van der Waals surface area contributed by atoms with Crippen molar-refractivity contribution in [1.29, 1.82) is 0 Å². The molecule has 2 aliphatic rings. The standard InChI is InChI=1S/C13H16N2O/c16-14-6-11-12-8-15(9-13(11)12)7-10-4-2-1-3-5-10/h1-6,11-13,16H,7-9H2/t11-,12-,13+. The third kappa shape index (κ3) is 1.71. The van der Waals surface area contributed by atoms with Gasteiger partial charge in [-0.3, -0.25) is 4.90 Å². The van der Waals surface area contributed by atoms with E-state index in [1.165, 1.54) is 5.56 Å². The van der Waals surface area contributed by atoms with Crippen molar-refractivity contribution >= 4 is 6.21 Å². The number of benzene rings is 1. The van der Waals surface area contributed by atoms with Gasteiger partial charge in [0.25, 0.3) is 0 Å². The van der Waals surface area contributed by atoms with Gasteiger partial charge in [0.2, 0.25) is 0 Å². The average Bonchev–Trinajstić information content (AvgIpc) is 2.76. The van der Waals surface area contributed by atoms with Gasteiger partial charge in [0.15, 0.2) is 0 Å². The highest BCUT2D eigenvalue weighted by Crippen LogP contribution is 2.50. The van der Waals surface area contributed by atoms with Crippen LogP contribution in [0.5, 0.6) is 0 Å². The Morgan fingerprint density at radius 3 is 2.56 bits per heavy atom. The molecule has 84 valence electrons. The average molecular weight is 216 g/mol. The van der Waals surface area contributed by atoms with Crippen molar-refractivity contribution in [2.24, 2.45) is 22.9 Å². The van der Waals surface area contributed by atoms with Crippen LogP contribution in [0, 0.1) is 17.8 Å². The molecule has 3 heteroatoms. The van der Waals surface area contributed by atoms with E-state index in [0.717, 1.165) is 31.5 Å². The fraction of sp³-hybridized carbons (Fsp3) is 0.462. The van der Waals surface area contributed by atoms with Crippen LogP contribution < -0.4 is 0 Å². The molecule has 3 nitrogen and oxygen atoms in total. The van der Waals surface area contributed by atoms with E-state index in [0.29, 0.717) is 5.92 Å². The van der Waals surface area contributed by atoms with Crippen molar-refractivity contribution in [2.75, 3.05) is 13.1 Å². The first kappa shape index (κ1) is 9.85. The maximum atomic E-state index is 8.49. The summed E-state index contributed by atoms with van der Waals surface area (Å²) < 4.78 is 0. The minimum atomic E-state index is 0.539. The van der Waals surface area contributed by atoms with Crippen molar-refractivity contribution in [1.82, 2.24) is 4.90 Å². The Kier molecular flexibility index (Phi) is 2.40. The smallest absolute Gasteiger partial charge is 0.0473 e. The number of oxime groups is 1. The number of nitrogens with zero attached hydrogens (tertiary/aromatic N) is 2. The molecule has 1 aromatic rings. The largest absolute Gasteiger partial charge is 0.411 e. The molecule has 16 heavy (non-hydrogen) atoms. The summed E-state index contributed by atoms with van der Waals surface area (Å²) in [6.07, 6.45) is 1.70. The molecule has 1 N–H and O–H groups in total. The molecule has 2 fully saturated rings. The lowest BCUT2D eigenvalue weighted by atomic mass is 10.2. The highest BCUT2D eigenvalue weighted by molar-refractivity contribution is 5.65. The first-order valence-corrected chi connectivity index (χ1v) is 5.82. The van der Waals surface area contributed by atoms with Crippen LogP contribution in [0.15, 0.2) is 35.5 Å². The van der Waals surface area contributed by atoms with Gasteiger partial charge in [-0.15, -0.1) is 5.16 Å². The number of rotatable bonds is 3. The second-order valence-corrected chi connectivity index (χ2v) is 4.85. The minimum absolute atomic E-state index is 0.539. The molecular formula is C13H16N2O. The fourth-order valence-electron chi connectivity index (χ4n) is 2.93. The van der Waals surface area contributed by atoms with Gasteiger partial charge in [-0.05, 0) is 17.4 Å². The Morgan fingerprint density at radius 1 is 1.25 bits per heavy atom. The number of piperidine rings is 1. The Morgan fingerprint density at radius 2 is 1.94 bits per heavy atom. The van der Waals surface area contributed by atoms with E-state index >= 15 is 0 Å². The maximum absolute atomic E-state index is 8.49. The molecule has 1 saturated heterocycles. The highest BCUT2D eigenvalue weighted by atomic mass is 16.4. The van der Waals surface area contributed by atoms with Crippen LogP contribution in [-0.2, 0) is 6.54 Å². The summed E-state index contributed by atoms with van der Waals surface area (Å²) in [5, 5.41) is 11.6. The molecule has 3 atom stereocenters. The maximum Gasteiger partial charge on any atom is 0.0473 e. The highest BCUT2D eigenvalue weighted by Gasteiger charge is 2.54. The number of hydrogen-bond acceptors (Lipinski definition) is 3. The summed E-state index contributed by atoms with van der Waals surface area (Å²) in [5.74, 6) is 2.01. The number of hydrogen-bond donors (Lipinski definition) is 1. The quantitative estimate of drug-likeness (QED) is 0.475. The third-order valence-electron chi connectivity index (χ3n) is 3.82. The van der Waals surface area contributed by atoms with E-state index in [-0.39, 0.29) is 0 Å². The molecular weight excluding hydrogens is 200 g/mol. The lowest BCUT2D eigenvalue weighted by molar-refractivity contribution is 0.286. The van der Waals surface area contributed by atoms with Crippen LogP contribution in [0.2, 0.25) is 0 Å². The van der Waals surface area contributed by atoms with E-state index in [2.05, 4.69) is 40.4 Å². The van der Waals surface area contributed by atoms with Crippen LogP contribution in [0.4, 0.5) is 0 Å².